The first-order valence-electron chi connectivity index (χ1n) is 11.8. The molecule has 1 heterocycles. The molecule has 4 rings (SSSR count). The molecule has 7 heteroatoms. The Morgan fingerprint density at radius 3 is 2.26 bits per heavy atom. The molecule has 1 aliphatic rings. The largest absolute Gasteiger partial charge is 0.493 e. The van der Waals surface area contributed by atoms with Crippen LogP contribution in [0.1, 0.15) is 24.0 Å². The Balaban J connectivity index is 1.23. The number of hydrogen-bond acceptors (Lipinski definition) is 4. The second kappa shape index (κ2) is 11.9. The summed E-state index contributed by atoms with van der Waals surface area (Å²) in [5.41, 5.74) is 2.78. The van der Waals surface area contributed by atoms with Crippen LogP contribution in [0.5, 0.6) is 11.5 Å². The number of para-hydroxylation sites is 1. The first kappa shape index (κ1) is 24.1. The van der Waals surface area contributed by atoms with Crippen molar-refractivity contribution in [3.8, 4) is 11.5 Å². The summed E-state index contributed by atoms with van der Waals surface area (Å²) in [5.74, 6) is 1.20. The van der Waals surface area contributed by atoms with E-state index in [4.69, 9.17) is 9.47 Å². The standard InChI is InChI=1S/C28H31N3O4/c1-34-26-18-22(12-13-25(26)35-20-21-8-4-2-5-9-21)19-29-27(32)23-14-16-31(17-15-23)28(33)30-24-10-6-3-7-11-24/h2-13,18,23H,14-17,19-20H2,1H3,(H,29,32)(H,30,33). The van der Waals surface area contributed by atoms with Crippen molar-refractivity contribution in [1.82, 2.24) is 10.2 Å². The second-order valence-electron chi connectivity index (χ2n) is 8.53. The van der Waals surface area contributed by atoms with Crippen molar-refractivity contribution >= 4 is 17.6 Å². The van der Waals surface area contributed by atoms with Crippen LogP contribution in [-0.2, 0) is 17.9 Å². The summed E-state index contributed by atoms with van der Waals surface area (Å²) in [4.78, 5) is 27.0. The molecule has 3 aromatic rings. The maximum atomic E-state index is 12.7. The molecule has 0 saturated carbocycles. The van der Waals surface area contributed by atoms with Gasteiger partial charge in [-0.05, 0) is 48.2 Å². The van der Waals surface area contributed by atoms with E-state index >= 15 is 0 Å². The van der Waals surface area contributed by atoms with Gasteiger partial charge in [-0.15, -0.1) is 0 Å². The number of rotatable bonds is 8. The van der Waals surface area contributed by atoms with Gasteiger partial charge in [-0.1, -0.05) is 54.6 Å². The molecule has 35 heavy (non-hydrogen) atoms. The summed E-state index contributed by atoms with van der Waals surface area (Å²) >= 11 is 0. The van der Waals surface area contributed by atoms with E-state index in [1.165, 1.54) is 0 Å². The zero-order valence-corrected chi connectivity index (χ0v) is 19.9. The van der Waals surface area contributed by atoms with Gasteiger partial charge in [-0.25, -0.2) is 4.79 Å². The topological polar surface area (TPSA) is 79.9 Å². The lowest BCUT2D eigenvalue weighted by molar-refractivity contribution is -0.126. The molecule has 182 valence electrons. The third-order valence-electron chi connectivity index (χ3n) is 6.11. The number of piperidine rings is 1. The maximum Gasteiger partial charge on any atom is 0.321 e. The van der Waals surface area contributed by atoms with E-state index in [0.29, 0.717) is 50.6 Å². The van der Waals surface area contributed by atoms with Crippen molar-refractivity contribution in [3.05, 3.63) is 90.0 Å². The number of ether oxygens (including phenoxy) is 2. The number of urea groups is 1. The van der Waals surface area contributed by atoms with Crippen LogP contribution in [0.4, 0.5) is 10.5 Å². The van der Waals surface area contributed by atoms with Gasteiger partial charge < -0.3 is 25.0 Å². The van der Waals surface area contributed by atoms with Gasteiger partial charge >= 0.3 is 6.03 Å². The van der Waals surface area contributed by atoms with E-state index in [1.54, 1.807) is 12.0 Å². The molecule has 1 fully saturated rings. The highest BCUT2D eigenvalue weighted by molar-refractivity contribution is 5.89. The lowest BCUT2D eigenvalue weighted by Crippen LogP contribution is -2.44. The zero-order chi connectivity index (χ0) is 24.5. The zero-order valence-electron chi connectivity index (χ0n) is 19.9. The maximum absolute atomic E-state index is 12.7. The summed E-state index contributed by atoms with van der Waals surface area (Å²) in [6, 6.07) is 24.9. The number of hydrogen-bond donors (Lipinski definition) is 2. The smallest absolute Gasteiger partial charge is 0.321 e. The number of anilines is 1. The Labute approximate surface area is 206 Å². The van der Waals surface area contributed by atoms with Crippen LogP contribution < -0.4 is 20.1 Å². The van der Waals surface area contributed by atoms with Crippen LogP contribution in [0.3, 0.4) is 0 Å². The molecule has 0 unspecified atom stereocenters. The van der Waals surface area contributed by atoms with Crippen molar-refractivity contribution in [3.63, 3.8) is 0 Å². The Kier molecular flexibility index (Phi) is 8.22. The fraction of sp³-hybridized carbons (Fsp3) is 0.286. The van der Waals surface area contributed by atoms with E-state index in [1.807, 2.05) is 78.9 Å². The van der Waals surface area contributed by atoms with Crippen LogP contribution in [0.15, 0.2) is 78.9 Å². The van der Waals surface area contributed by atoms with Crippen LogP contribution in [0, 0.1) is 5.92 Å². The highest BCUT2D eigenvalue weighted by Gasteiger charge is 2.27. The SMILES string of the molecule is COc1cc(CNC(=O)C2CCN(C(=O)Nc3ccccc3)CC2)ccc1OCc1ccccc1. The van der Waals surface area contributed by atoms with Gasteiger partial charge in [0.25, 0.3) is 0 Å². The Hall–Kier alpha value is -4.00. The van der Waals surface area contributed by atoms with E-state index in [0.717, 1.165) is 16.8 Å². The Morgan fingerprint density at radius 1 is 0.886 bits per heavy atom. The molecule has 0 bridgehead atoms. The highest BCUT2D eigenvalue weighted by atomic mass is 16.5. The average Bonchev–Trinajstić information content (AvgIpc) is 2.92. The lowest BCUT2D eigenvalue weighted by atomic mass is 9.96. The summed E-state index contributed by atoms with van der Waals surface area (Å²) in [7, 11) is 1.61. The van der Waals surface area contributed by atoms with Crippen molar-refractivity contribution in [2.75, 3.05) is 25.5 Å². The number of methoxy groups -OCH3 is 1. The summed E-state index contributed by atoms with van der Waals surface area (Å²) in [6.45, 7) is 1.97. The molecule has 0 aliphatic carbocycles. The van der Waals surface area contributed by atoms with Crippen LogP contribution in [-0.4, -0.2) is 37.0 Å². The highest BCUT2D eigenvalue weighted by Crippen LogP contribution is 2.29. The van der Waals surface area contributed by atoms with Gasteiger partial charge in [0.2, 0.25) is 5.91 Å². The molecular weight excluding hydrogens is 442 g/mol. The monoisotopic (exact) mass is 473 g/mol. The molecule has 1 saturated heterocycles. The number of benzene rings is 3. The van der Waals surface area contributed by atoms with E-state index in [9.17, 15) is 9.59 Å². The third kappa shape index (κ3) is 6.76. The quantitative estimate of drug-likeness (QED) is 0.491. The molecule has 0 radical (unpaired) electrons. The third-order valence-corrected chi connectivity index (χ3v) is 6.11. The van der Waals surface area contributed by atoms with Gasteiger partial charge in [0.15, 0.2) is 11.5 Å². The molecule has 0 spiro atoms. The summed E-state index contributed by atoms with van der Waals surface area (Å²) in [5, 5.41) is 5.93. The second-order valence-corrected chi connectivity index (χ2v) is 8.53. The Bertz CT molecular complexity index is 1110. The average molecular weight is 474 g/mol. The van der Waals surface area contributed by atoms with Crippen molar-refractivity contribution < 1.29 is 19.1 Å². The first-order chi connectivity index (χ1) is 17.1. The predicted molar refractivity (Wildman–Crippen MR) is 135 cm³/mol. The number of nitrogens with zero attached hydrogens (tertiary/aromatic N) is 1. The predicted octanol–water partition coefficient (Wildman–Crippen LogP) is 4.83. The van der Waals surface area contributed by atoms with E-state index in [2.05, 4.69) is 10.6 Å². The fourth-order valence-corrected chi connectivity index (χ4v) is 4.08. The van der Waals surface area contributed by atoms with Gasteiger partial charge in [-0.2, -0.15) is 0 Å². The van der Waals surface area contributed by atoms with Crippen LogP contribution in [0.2, 0.25) is 0 Å². The Morgan fingerprint density at radius 2 is 1.57 bits per heavy atom. The molecule has 2 N–H and O–H groups in total. The van der Waals surface area contributed by atoms with Crippen LogP contribution >= 0.6 is 0 Å². The van der Waals surface area contributed by atoms with Crippen molar-refractivity contribution in [1.29, 1.82) is 0 Å². The van der Waals surface area contributed by atoms with Gasteiger partial charge in [0.05, 0.1) is 7.11 Å². The molecular formula is C28H31N3O4. The molecule has 0 atom stereocenters. The van der Waals surface area contributed by atoms with Gasteiger partial charge in [0.1, 0.15) is 6.61 Å². The molecule has 3 aromatic carbocycles. The van der Waals surface area contributed by atoms with Crippen molar-refractivity contribution in [2.45, 2.75) is 26.0 Å². The molecule has 0 aromatic heterocycles. The lowest BCUT2D eigenvalue weighted by Gasteiger charge is -2.31. The van der Waals surface area contributed by atoms with Gasteiger partial charge in [-0.3, -0.25) is 4.79 Å². The number of carbonyl (C=O) groups is 2. The molecule has 7 nitrogen and oxygen atoms in total. The number of nitrogens with one attached hydrogen (secondary N) is 2. The van der Waals surface area contributed by atoms with Crippen molar-refractivity contribution in [2.24, 2.45) is 5.92 Å². The normalized spacial score (nSPS) is 13.7. The first-order valence-corrected chi connectivity index (χ1v) is 11.8. The molecule has 3 amide bonds. The van der Waals surface area contributed by atoms with Crippen LogP contribution in [0.25, 0.3) is 0 Å². The fourth-order valence-electron chi connectivity index (χ4n) is 4.08. The van der Waals surface area contributed by atoms with E-state index in [-0.39, 0.29) is 17.9 Å². The summed E-state index contributed by atoms with van der Waals surface area (Å²) < 4.78 is 11.4. The minimum atomic E-state index is -0.128. The minimum absolute atomic E-state index is 0.0106. The molecule has 1 aliphatic heterocycles. The van der Waals surface area contributed by atoms with Gasteiger partial charge in [0, 0.05) is 31.2 Å². The number of likely N-dealkylation sites (tertiary alicyclic amines) is 1. The van der Waals surface area contributed by atoms with E-state index < -0.39 is 0 Å². The number of amides is 3. The number of carbonyl (C=O) groups excluding carboxylic acids is 2. The summed E-state index contributed by atoms with van der Waals surface area (Å²) in [6.07, 6.45) is 1.28. The minimum Gasteiger partial charge on any atom is -0.493 e.